The summed E-state index contributed by atoms with van der Waals surface area (Å²) in [5.41, 5.74) is 4.47. The van der Waals surface area contributed by atoms with Crippen molar-refractivity contribution in [2.24, 2.45) is 0 Å². The summed E-state index contributed by atoms with van der Waals surface area (Å²) in [4.78, 5) is 17.1. The van der Waals surface area contributed by atoms with Gasteiger partial charge in [0.15, 0.2) is 6.61 Å². The molecule has 0 aromatic heterocycles. The highest BCUT2D eigenvalue weighted by molar-refractivity contribution is 6.31. The number of likely N-dealkylation sites (N-methyl/N-ethyl adjacent to an activating group) is 1. The third-order valence-electron chi connectivity index (χ3n) is 5.52. The number of nitrogens with zero attached hydrogens (tertiary/aromatic N) is 2. The molecule has 4 rings (SSSR count). The molecule has 148 valence electrons. The minimum atomic E-state index is -0.182. The van der Waals surface area contributed by atoms with Crippen LogP contribution in [0.2, 0.25) is 5.02 Å². The lowest BCUT2D eigenvalue weighted by molar-refractivity contribution is -0.118. The van der Waals surface area contributed by atoms with Crippen molar-refractivity contribution < 1.29 is 9.53 Å². The van der Waals surface area contributed by atoms with Crippen LogP contribution in [0, 0.1) is 0 Å². The maximum absolute atomic E-state index is 12.5. The maximum Gasteiger partial charge on any atom is 0.262 e. The van der Waals surface area contributed by atoms with Crippen molar-refractivity contribution in [3.05, 3.63) is 52.5 Å². The number of hydrogen-bond acceptors (Lipinski definition) is 4. The second-order valence-corrected chi connectivity index (χ2v) is 8.01. The molecule has 2 aromatic carbocycles. The van der Waals surface area contributed by atoms with E-state index in [1.165, 1.54) is 17.5 Å². The predicted molar refractivity (Wildman–Crippen MR) is 114 cm³/mol. The fourth-order valence-electron chi connectivity index (χ4n) is 3.90. The molecule has 1 amide bonds. The smallest absolute Gasteiger partial charge is 0.262 e. The number of rotatable bonds is 5. The van der Waals surface area contributed by atoms with Gasteiger partial charge in [0, 0.05) is 31.2 Å². The number of aryl methyl sites for hydroxylation is 2. The SMILES string of the molecule is CN1CCN(c2ccc(Cl)cc2NC(=O)COc2ccc3c(c2)CCC3)CC1. The van der Waals surface area contributed by atoms with E-state index < -0.39 is 0 Å². The zero-order valence-corrected chi connectivity index (χ0v) is 17.0. The third kappa shape index (κ3) is 4.42. The number of hydrogen-bond donors (Lipinski definition) is 1. The van der Waals surface area contributed by atoms with Crippen LogP contribution in [0.3, 0.4) is 0 Å². The number of amides is 1. The van der Waals surface area contributed by atoms with E-state index in [1.54, 1.807) is 0 Å². The molecule has 1 fully saturated rings. The summed E-state index contributed by atoms with van der Waals surface area (Å²) in [5, 5.41) is 3.58. The van der Waals surface area contributed by atoms with Gasteiger partial charge in [0.1, 0.15) is 5.75 Å². The highest BCUT2D eigenvalue weighted by atomic mass is 35.5. The topological polar surface area (TPSA) is 44.8 Å². The molecule has 0 saturated carbocycles. The van der Waals surface area contributed by atoms with Crippen LogP contribution in [0.1, 0.15) is 17.5 Å². The standard InChI is InChI=1S/C22H26ClN3O2/c1-25-9-11-26(12-10-25)21-8-6-18(23)14-20(21)24-22(27)15-28-19-7-5-16-3-2-4-17(16)13-19/h5-8,13-14H,2-4,9-12,15H2,1H3,(H,24,27). The van der Waals surface area contributed by atoms with Crippen molar-refractivity contribution in [2.45, 2.75) is 19.3 Å². The highest BCUT2D eigenvalue weighted by Gasteiger charge is 2.19. The van der Waals surface area contributed by atoms with Crippen LogP contribution in [0.4, 0.5) is 11.4 Å². The monoisotopic (exact) mass is 399 g/mol. The number of carbonyl (C=O) groups excluding carboxylic acids is 1. The highest BCUT2D eigenvalue weighted by Crippen LogP contribution is 2.30. The molecule has 2 aliphatic rings. The maximum atomic E-state index is 12.5. The fourth-order valence-corrected chi connectivity index (χ4v) is 4.08. The summed E-state index contributed by atoms with van der Waals surface area (Å²) in [6, 6.07) is 11.8. The predicted octanol–water partition coefficient (Wildman–Crippen LogP) is 3.60. The molecule has 0 atom stereocenters. The summed E-state index contributed by atoms with van der Waals surface area (Å²) >= 11 is 6.18. The number of benzene rings is 2. The number of ether oxygens (including phenoxy) is 1. The van der Waals surface area contributed by atoms with Crippen LogP contribution in [0.15, 0.2) is 36.4 Å². The van der Waals surface area contributed by atoms with Crippen molar-refractivity contribution in [2.75, 3.05) is 50.1 Å². The molecule has 0 spiro atoms. The number of anilines is 2. The van der Waals surface area contributed by atoms with Gasteiger partial charge < -0.3 is 19.9 Å². The van der Waals surface area contributed by atoms with Gasteiger partial charge in [-0.25, -0.2) is 0 Å². The molecule has 0 radical (unpaired) electrons. The van der Waals surface area contributed by atoms with Crippen LogP contribution in [-0.2, 0) is 17.6 Å². The molecular formula is C22H26ClN3O2. The van der Waals surface area contributed by atoms with E-state index in [9.17, 15) is 4.79 Å². The molecule has 6 heteroatoms. The fraction of sp³-hybridized carbons (Fsp3) is 0.409. The van der Waals surface area contributed by atoms with Gasteiger partial charge in [-0.15, -0.1) is 0 Å². The Hall–Kier alpha value is -2.24. The Morgan fingerprint density at radius 1 is 1.07 bits per heavy atom. The van der Waals surface area contributed by atoms with E-state index in [0.29, 0.717) is 5.02 Å². The van der Waals surface area contributed by atoms with Crippen LogP contribution < -0.4 is 15.0 Å². The van der Waals surface area contributed by atoms with Gasteiger partial charge >= 0.3 is 0 Å². The molecule has 1 heterocycles. The lowest BCUT2D eigenvalue weighted by Crippen LogP contribution is -2.44. The molecule has 1 N–H and O–H groups in total. The molecule has 1 saturated heterocycles. The van der Waals surface area contributed by atoms with E-state index in [4.69, 9.17) is 16.3 Å². The Morgan fingerprint density at radius 2 is 1.86 bits per heavy atom. The largest absolute Gasteiger partial charge is 0.484 e. The summed E-state index contributed by atoms with van der Waals surface area (Å²) in [6.45, 7) is 3.82. The molecule has 2 aromatic rings. The van der Waals surface area contributed by atoms with Gasteiger partial charge in [0.25, 0.3) is 5.91 Å². The van der Waals surface area contributed by atoms with E-state index >= 15 is 0 Å². The first-order valence-electron chi connectivity index (χ1n) is 9.86. The van der Waals surface area contributed by atoms with Gasteiger partial charge in [-0.05, 0) is 67.8 Å². The number of halogens is 1. The van der Waals surface area contributed by atoms with Crippen molar-refractivity contribution in [3.63, 3.8) is 0 Å². The minimum absolute atomic E-state index is 0.0204. The zero-order chi connectivity index (χ0) is 19.5. The second-order valence-electron chi connectivity index (χ2n) is 7.57. The number of piperazine rings is 1. The minimum Gasteiger partial charge on any atom is -0.484 e. The van der Waals surface area contributed by atoms with Crippen LogP contribution in [0.25, 0.3) is 0 Å². The number of fused-ring (bicyclic) bond motifs is 1. The van der Waals surface area contributed by atoms with Gasteiger partial charge in [-0.2, -0.15) is 0 Å². The quantitative estimate of drug-likeness (QED) is 0.834. The molecule has 0 unspecified atom stereocenters. The molecule has 0 bridgehead atoms. The second kappa shape index (κ2) is 8.41. The van der Waals surface area contributed by atoms with Crippen LogP contribution >= 0.6 is 11.6 Å². The zero-order valence-electron chi connectivity index (χ0n) is 16.2. The average Bonchev–Trinajstić information content (AvgIpc) is 3.15. The molecule has 1 aliphatic carbocycles. The summed E-state index contributed by atoms with van der Waals surface area (Å²) in [7, 11) is 2.12. The van der Waals surface area contributed by atoms with Crippen molar-refractivity contribution in [1.82, 2.24) is 4.90 Å². The Kier molecular flexibility index (Phi) is 5.74. The molecule has 28 heavy (non-hydrogen) atoms. The van der Waals surface area contributed by atoms with Crippen LogP contribution in [-0.4, -0.2) is 50.6 Å². The lowest BCUT2D eigenvalue weighted by atomic mass is 10.1. The first-order valence-corrected chi connectivity index (χ1v) is 10.2. The van der Waals surface area contributed by atoms with Crippen LogP contribution in [0.5, 0.6) is 5.75 Å². The summed E-state index contributed by atoms with van der Waals surface area (Å²) in [6.07, 6.45) is 3.43. The Morgan fingerprint density at radius 3 is 2.68 bits per heavy atom. The first-order chi connectivity index (χ1) is 13.6. The first kappa shape index (κ1) is 19.1. The van der Waals surface area contributed by atoms with E-state index in [1.807, 2.05) is 24.3 Å². The van der Waals surface area contributed by atoms with Crippen molar-refractivity contribution >= 4 is 28.9 Å². The Bertz CT molecular complexity index is 863. The van der Waals surface area contributed by atoms with E-state index in [-0.39, 0.29) is 12.5 Å². The average molecular weight is 400 g/mol. The summed E-state index contributed by atoms with van der Waals surface area (Å²) < 4.78 is 5.73. The molecule has 5 nitrogen and oxygen atoms in total. The van der Waals surface area contributed by atoms with Crippen molar-refractivity contribution in [3.8, 4) is 5.75 Å². The van der Waals surface area contributed by atoms with E-state index in [2.05, 4.69) is 34.3 Å². The Labute approximate surface area is 171 Å². The van der Waals surface area contributed by atoms with Gasteiger partial charge in [0.05, 0.1) is 11.4 Å². The molecule has 1 aliphatic heterocycles. The molecular weight excluding hydrogens is 374 g/mol. The van der Waals surface area contributed by atoms with Crippen molar-refractivity contribution in [1.29, 1.82) is 0 Å². The lowest BCUT2D eigenvalue weighted by Gasteiger charge is -2.35. The number of carbonyl (C=O) groups is 1. The van der Waals surface area contributed by atoms with Gasteiger partial charge in [-0.3, -0.25) is 4.79 Å². The van der Waals surface area contributed by atoms with E-state index in [0.717, 1.165) is 56.1 Å². The van der Waals surface area contributed by atoms with Gasteiger partial charge in [0.2, 0.25) is 0 Å². The Balaban J connectivity index is 1.40. The number of nitrogens with one attached hydrogen (secondary N) is 1. The summed E-state index contributed by atoms with van der Waals surface area (Å²) in [5.74, 6) is 0.569. The normalized spacial score (nSPS) is 16.7. The third-order valence-corrected chi connectivity index (χ3v) is 5.75. The van der Waals surface area contributed by atoms with Gasteiger partial charge in [-0.1, -0.05) is 17.7 Å².